The lowest BCUT2D eigenvalue weighted by molar-refractivity contribution is 0.0691. The van der Waals surface area contributed by atoms with Crippen molar-refractivity contribution < 1.29 is 14.3 Å². The second kappa shape index (κ2) is 8.14. The number of carbonyl (C=O) groups is 1. The topological polar surface area (TPSA) is 81.5 Å². The first-order valence-corrected chi connectivity index (χ1v) is 8.96. The van der Waals surface area contributed by atoms with Gasteiger partial charge in [0, 0.05) is 25.2 Å². The van der Waals surface area contributed by atoms with Gasteiger partial charge in [-0.3, -0.25) is 4.79 Å². The van der Waals surface area contributed by atoms with Crippen LogP contribution in [0, 0.1) is 6.92 Å². The summed E-state index contributed by atoms with van der Waals surface area (Å²) in [6.45, 7) is 4.40. The van der Waals surface area contributed by atoms with E-state index in [1.165, 1.54) is 0 Å². The molecule has 1 atom stereocenters. The lowest BCUT2D eigenvalue weighted by Gasteiger charge is -2.32. The number of benzene rings is 1. The molecule has 0 radical (unpaired) electrons. The van der Waals surface area contributed by atoms with Crippen molar-refractivity contribution in [2.75, 3.05) is 33.4 Å². The second-order valence-electron chi connectivity index (χ2n) is 6.64. The summed E-state index contributed by atoms with van der Waals surface area (Å²) in [5, 5.41) is 11.6. The lowest BCUT2D eigenvalue weighted by Crippen LogP contribution is -2.47. The van der Waals surface area contributed by atoms with Gasteiger partial charge >= 0.3 is 0 Å². The van der Waals surface area contributed by atoms with Gasteiger partial charge in [0.25, 0.3) is 5.91 Å². The largest absolute Gasteiger partial charge is 0.486 e. The van der Waals surface area contributed by atoms with Crippen molar-refractivity contribution >= 4 is 18.3 Å². The molecule has 1 amide bonds. The van der Waals surface area contributed by atoms with Gasteiger partial charge in [-0.2, -0.15) is 0 Å². The third-order valence-corrected chi connectivity index (χ3v) is 4.98. The second-order valence-corrected chi connectivity index (χ2v) is 6.64. The summed E-state index contributed by atoms with van der Waals surface area (Å²) in [7, 11) is 1.93. The summed E-state index contributed by atoms with van der Waals surface area (Å²) in [6.07, 6.45) is 2.08. The van der Waals surface area contributed by atoms with E-state index in [0.29, 0.717) is 37.2 Å². The number of carbonyl (C=O) groups excluding carboxylic acids is 1. The molecule has 2 aromatic rings. The molecule has 1 fully saturated rings. The minimum atomic E-state index is -0.0637. The molecule has 2 aliphatic heterocycles. The Balaban J connectivity index is 0.00000210. The fourth-order valence-electron chi connectivity index (χ4n) is 3.48. The number of likely N-dealkylation sites (tertiary alicyclic amines) is 1. The van der Waals surface area contributed by atoms with E-state index in [1.807, 2.05) is 37.1 Å². The van der Waals surface area contributed by atoms with Gasteiger partial charge in [-0.25, -0.2) is 4.68 Å². The van der Waals surface area contributed by atoms with E-state index in [0.717, 1.165) is 36.5 Å². The fraction of sp³-hybridized carbons (Fsp3) is 0.500. The minimum absolute atomic E-state index is 0. The molecule has 1 N–H and O–H groups in total. The van der Waals surface area contributed by atoms with Crippen molar-refractivity contribution in [2.24, 2.45) is 0 Å². The van der Waals surface area contributed by atoms with Gasteiger partial charge in [0.1, 0.15) is 13.2 Å². The quantitative estimate of drug-likeness (QED) is 0.852. The summed E-state index contributed by atoms with van der Waals surface area (Å²) in [5.74, 6) is 1.34. The fourth-order valence-corrected chi connectivity index (χ4v) is 3.48. The zero-order valence-corrected chi connectivity index (χ0v) is 16.3. The van der Waals surface area contributed by atoms with E-state index in [2.05, 4.69) is 15.6 Å². The average Bonchev–Trinajstić information content (AvgIpc) is 3.08. The number of nitrogens with one attached hydrogen (secondary N) is 1. The number of hydrogen-bond acceptors (Lipinski definition) is 6. The molecule has 8 nitrogen and oxygen atoms in total. The number of hydrogen-bond donors (Lipinski definition) is 1. The Morgan fingerprint density at radius 2 is 2.04 bits per heavy atom. The van der Waals surface area contributed by atoms with Gasteiger partial charge in [0.2, 0.25) is 0 Å². The van der Waals surface area contributed by atoms with Gasteiger partial charge in [-0.15, -0.1) is 17.5 Å². The Kier molecular flexibility index (Phi) is 5.86. The molecule has 1 unspecified atom stereocenters. The molecule has 2 aliphatic rings. The third-order valence-electron chi connectivity index (χ3n) is 4.98. The molecular formula is C18H24ClN5O3. The van der Waals surface area contributed by atoms with Crippen LogP contribution < -0.4 is 14.8 Å². The van der Waals surface area contributed by atoms with Crippen LogP contribution in [0.25, 0.3) is 5.69 Å². The zero-order chi connectivity index (χ0) is 18.1. The highest BCUT2D eigenvalue weighted by Crippen LogP contribution is 2.32. The Morgan fingerprint density at radius 1 is 1.26 bits per heavy atom. The van der Waals surface area contributed by atoms with Crippen LogP contribution in [0.5, 0.6) is 11.5 Å². The van der Waals surface area contributed by atoms with Crippen LogP contribution in [0.4, 0.5) is 0 Å². The number of halogens is 1. The van der Waals surface area contributed by atoms with Crippen molar-refractivity contribution in [3.8, 4) is 17.2 Å². The summed E-state index contributed by atoms with van der Waals surface area (Å²) in [5.41, 5.74) is 1.92. The summed E-state index contributed by atoms with van der Waals surface area (Å²) in [4.78, 5) is 14.8. The van der Waals surface area contributed by atoms with E-state index < -0.39 is 0 Å². The number of ether oxygens (including phenoxy) is 2. The van der Waals surface area contributed by atoms with Crippen LogP contribution in [-0.2, 0) is 0 Å². The van der Waals surface area contributed by atoms with Crippen molar-refractivity contribution in [3.05, 3.63) is 29.6 Å². The number of likely N-dealkylation sites (N-methyl/N-ethyl adjacent to an activating group) is 1. The van der Waals surface area contributed by atoms with Gasteiger partial charge < -0.3 is 19.7 Å². The van der Waals surface area contributed by atoms with Gasteiger partial charge in [0.05, 0.1) is 11.4 Å². The maximum atomic E-state index is 12.9. The standard InChI is InChI=1S/C18H23N5O3.ClH/c1-12-17(18(24)22-7-3-4-13(11-22)19-2)20-21-23(12)14-5-6-15-16(10-14)26-9-8-25-15;/h5-6,10,13,19H,3-4,7-9,11H2,1-2H3;1H. The van der Waals surface area contributed by atoms with E-state index >= 15 is 0 Å². The van der Waals surface area contributed by atoms with Crippen molar-refractivity contribution in [1.82, 2.24) is 25.2 Å². The van der Waals surface area contributed by atoms with Crippen LogP contribution >= 0.6 is 12.4 Å². The van der Waals surface area contributed by atoms with Crippen molar-refractivity contribution in [1.29, 1.82) is 0 Å². The maximum absolute atomic E-state index is 12.9. The summed E-state index contributed by atoms with van der Waals surface area (Å²) < 4.78 is 12.9. The third kappa shape index (κ3) is 3.72. The van der Waals surface area contributed by atoms with Crippen molar-refractivity contribution in [2.45, 2.75) is 25.8 Å². The smallest absolute Gasteiger partial charge is 0.276 e. The number of aromatic nitrogens is 3. The monoisotopic (exact) mass is 393 g/mol. The molecular weight excluding hydrogens is 370 g/mol. The normalized spacial score (nSPS) is 18.7. The van der Waals surface area contributed by atoms with Crippen LogP contribution in [0.2, 0.25) is 0 Å². The van der Waals surface area contributed by atoms with Gasteiger partial charge in [-0.1, -0.05) is 5.21 Å². The van der Waals surface area contributed by atoms with Crippen LogP contribution in [0.1, 0.15) is 29.0 Å². The Hall–Kier alpha value is -2.32. The molecule has 0 bridgehead atoms. The lowest BCUT2D eigenvalue weighted by atomic mass is 10.1. The molecule has 1 saturated heterocycles. The average molecular weight is 394 g/mol. The number of rotatable bonds is 3. The van der Waals surface area contributed by atoms with Crippen LogP contribution in [-0.4, -0.2) is 65.2 Å². The molecule has 27 heavy (non-hydrogen) atoms. The number of fused-ring (bicyclic) bond motifs is 1. The molecule has 146 valence electrons. The maximum Gasteiger partial charge on any atom is 0.276 e. The molecule has 3 heterocycles. The molecule has 0 aliphatic carbocycles. The molecule has 4 rings (SSSR count). The molecule has 9 heteroatoms. The molecule has 1 aromatic heterocycles. The van der Waals surface area contributed by atoms with Crippen LogP contribution in [0.3, 0.4) is 0 Å². The zero-order valence-electron chi connectivity index (χ0n) is 15.5. The Labute approximate surface area is 164 Å². The highest BCUT2D eigenvalue weighted by atomic mass is 35.5. The predicted octanol–water partition coefficient (Wildman–Crippen LogP) is 1.59. The number of piperidine rings is 1. The minimum Gasteiger partial charge on any atom is -0.486 e. The Bertz CT molecular complexity index is 825. The molecule has 1 aromatic carbocycles. The number of amides is 1. The van der Waals surface area contributed by atoms with Crippen LogP contribution in [0.15, 0.2) is 18.2 Å². The van der Waals surface area contributed by atoms with Crippen molar-refractivity contribution in [3.63, 3.8) is 0 Å². The van der Waals surface area contributed by atoms with Gasteiger partial charge in [0.15, 0.2) is 17.2 Å². The predicted molar refractivity (Wildman–Crippen MR) is 102 cm³/mol. The summed E-state index contributed by atoms with van der Waals surface area (Å²) >= 11 is 0. The SMILES string of the molecule is CNC1CCCN(C(=O)c2nnn(-c3ccc4c(c3)OCCO4)c2C)C1.Cl. The summed E-state index contributed by atoms with van der Waals surface area (Å²) in [6, 6.07) is 5.94. The first-order valence-electron chi connectivity index (χ1n) is 8.96. The van der Waals surface area contributed by atoms with Gasteiger partial charge in [-0.05, 0) is 38.9 Å². The first-order chi connectivity index (χ1) is 12.7. The van der Waals surface area contributed by atoms with E-state index in [4.69, 9.17) is 9.47 Å². The highest BCUT2D eigenvalue weighted by Gasteiger charge is 2.27. The molecule has 0 saturated carbocycles. The van der Waals surface area contributed by atoms with E-state index in [1.54, 1.807) is 4.68 Å². The Morgan fingerprint density at radius 3 is 2.81 bits per heavy atom. The highest BCUT2D eigenvalue weighted by molar-refractivity contribution is 5.93. The van der Waals surface area contributed by atoms with E-state index in [-0.39, 0.29) is 18.3 Å². The molecule has 0 spiro atoms. The number of nitrogens with zero attached hydrogens (tertiary/aromatic N) is 4. The first kappa shape index (κ1) is 19.4. The van der Waals surface area contributed by atoms with E-state index in [9.17, 15) is 4.79 Å².